The molecule has 0 fully saturated rings. The molecule has 0 bridgehead atoms. The Balaban J connectivity index is 1.10. The quantitative estimate of drug-likeness (QED) is 0.0657. The number of carbonyl (C=O) groups is 1. The molecule has 0 spiro atoms. The van der Waals surface area contributed by atoms with Crippen LogP contribution in [-0.2, 0) is 40.3 Å². The van der Waals surface area contributed by atoms with Crippen LogP contribution in [0.25, 0.3) is 21.5 Å². The van der Waals surface area contributed by atoms with Crippen molar-refractivity contribution in [3.63, 3.8) is 0 Å². The van der Waals surface area contributed by atoms with E-state index in [1.165, 1.54) is 84.9 Å². The highest BCUT2D eigenvalue weighted by molar-refractivity contribution is 7.93. The summed E-state index contributed by atoms with van der Waals surface area (Å²) in [5.41, 5.74) is -0.204. The van der Waals surface area contributed by atoms with Crippen LogP contribution in [0.4, 0.5) is 27.5 Å². The number of phenolic OH excluding ortho intramolecular Hbond substituents is 2. The highest BCUT2D eigenvalue weighted by Gasteiger charge is 2.21. The molecule has 0 radical (unpaired) electrons. The molecule has 0 unspecified atom stereocenters. The number of fused-ring (bicyclic) bond motifs is 2. The summed E-state index contributed by atoms with van der Waals surface area (Å²) >= 11 is 0. The normalized spacial score (nSPS) is 12.3. The second-order valence-corrected chi connectivity index (χ2v) is 17.7. The molecule has 21 heteroatoms. The van der Waals surface area contributed by atoms with Gasteiger partial charge in [0.1, 0.15) is 11.5 Å². The first-order valence-electron chi connectivity index (χ1n) is 15.0. The SMILES string of the molecule is O=C(Nc1ccc(S(=O)(=O)Nc2ccc3ccc(S(=O)(=O)O)cc3c2O)cc1)Nc1ccc(S(=O)(=O)Nc2ccc3ccc(S(=O)(=O)O)cc3c2O)cc1. The lowest BCUT2D eigenvalue weighted by Crippen LogP contribution is -2.20. The van der Waals surface area contributed by atoms with Gasteiger partial charge in [0.15, 0.2) is 0 Å². The molecule has 0 aliphatic rings. The first-order chi connectivity index (χ1) is 25.2. The van der Waals surface area contributed by atoms with Crippen molar-refractivity contribution >= 4 is 90.6 Å². The topological polar surface area (TPSA) is 283 Å². The van der Waals surface area contributed by atoms with Crippen molar-refractivity contribution in [1.29, 1.82) is 0 Å². The van der Waals surface area contributed by atoms with E-state index in [0.29, 0.717) is 10.8 Å². The number of sulfonamides is 2. The highest BCUT2D eigenvalue weighted by Crippen LogP contribution is 2.37. The minimum atomic E-state index is -4.59. The number of urea groups is 1. The molecule has 6 rings (SSSR count). The molecule has 280 valence electrons. The number of nitrogens with one attached hydrogen (secondary N) is 4. The summed E-state index contributed by atoms with van der Waals surface area (Å²) in [7, 11) is -17.8. The lowest BCUT2D eigenvalue weighted by Gasteiger charge is -2.13. The zero-order valence-electron chi connectivity index (χ0n) is 27.0. The van der Waals surface area contributed by atoms with Crippen molar-refractivity contribution in [2.24, 2.45) is 0 Å². The van der Waals surface area contributed by atoms with Gasteiger partial charge in [0.25, 0.3) is 40.3 Å². The van der Waals surface area contributed by atoms with E-state index in [4.69, 9.17) is 0 Å². The third kappa shape index (κ3) is 8.00. The Bertz CT molecular complexity index is 2740. The zero-order chi connectivity index (χ0) is 39.2. The summed E-state index contributed by atoms with van der Waals surface area (Å²) in [5.74, 6) is -1.16. The molecule has 0 aliphatic carbocycles. The predicted octanol–water partition coefficient (Wildman–Crippen LogP) is 5.14. The van der Waals surface area contributed by atoms with Gasteiger partial charge in [-0.15, -0.1) is 0 Å². The van der Waals surface area contributed by atoms with E-state index in [1.54, 1.807) is 0 Å². The Labute approximate surface area is 307 Å². The van der Waals surface area contributed by atoms with Gasteiger partial charge in [-0.25, -0.2) is 21.6 Å². The van der Waals surface area contributed by atoms with Crippen molar-refractivity contribution in [2.45, 2.75) is 19.6 Å². The van der Waals surface area contributed by atoms with Crippen LogP contribution < -0.4 is 20.1 Å². The third-order valence-corrected chi connectivity index (χ3v) is 12.3. The molecule has 0 saturated carbocycles. The maximum absolute atomic E-state index is 13.1. The first-order valence-corrected chi connectivity index (χ1v) is 20.9. The van der Waals surface area contributed by atoms with Crippen molar-refractivity contribution in [2.75, 3.05) is 20.1 Å². The van der Waals surface area contributed by atoms with Gasteiger partial charge in [-0.3, -0.25) is 18.5 Å². The number of amides is 2. The molecular formula is C33H26N4O13S4. The summed E-state index contributed by atoms with van der Waals surface area (Å²) in [6, 6.07) is 21.3. The number of anilines is 4. The summed E-state index contributed by atoms with van der Waals surface area (Å²) in [5, 5.41) is 27.0. The first kappa shape index (κ1) is 37.8. The van der Waals surface area contributed by atoms with E-state index in [0.717, 1.165) is 24.3 Å². The Kier molecular flexibility index (Phi) is 9.64. The van der Waals surface area contributed by atoms with E-state index >= 15 is 0 Å². The van der Waals surface area contributed by atoms with Crippen LogP contribution in [-0.4, -0.2) is 59.0 Å². The standard InChI is InChI=1S/C33H26N4O13S4/c38-31-27-17-25(53(45,46)47)9-1-19(27)3-15-29(31)36-51(41,42)23-11-5-21(6-12-23)34-33(40)35-22-7-13-24(14-8-22)52(43,44)37-30-16-4-20-2-10-26(54(48,49)50)18-28(20)32(30)39/h1-18,36-39H,(H2,34,35,40)(H,45,46,47)(H,48,49,50). The van der Waals surface area contributed by atoms with Crippen LogP contribution in [0.3, 0.4) is 0 Å². The second-order valence-electron chi connectivity index (χ2n) is 11.5. The van der Waals surface area contributed by atoms with Gasteiger partial charge in [0.05, 0.1) is 31.0 Å². The lowest BCUT2D eigenvalue weighted by molar-refractivity contribution is 0.262. The molecular weight excluding hydrogens is 789 g/mol. The molecule has 0 atom stereocenters. The average Bonchev–Trinajstić information content (AvgIpc) is 3.10. The fraction of sp³-hybridized carbons (Fsp3) is 0. The van der Waals surface area contributed by atoms with E-state index in [9.17, 15) is 57.8 Å². The van der Waals surface area contributed by atoms with E-state index in [1.807, 2.05) is 0 Å². The number of hydrogen-bond donors (Lipinski definition) is 8. The summed E-state index contributed by atoms with van der Waals surface area (Å²) in [6.07, 6.45) is 0. The molecule has 6 aromatic carbocycles. The Morgan fingerprint density at radius 2 is 0.759 bits per heavy atom. The molecule has 0 heterocycles. The summed E-state index contributed by atoms with van der Waals surface area (Å²) < 4.78 is 121. The molecule has 6 aromatic rings. The maximum atomic E-state index is 13.1. The molecule has 17 nitrogen and oxygen atoms in total. The third-order valence-electron chi connectivity index (χ3n) is 7.86. The summed E-state index contributed by atoms with van der Waals surface area (Å²) in [4.78, 5) is 11.1. The molecule has 54 heavy (non-hydrogen) atoms. The van der Waals surface area contributed by atoms with Crippen LogP contribution in [0.5, 0.6) is 11.5 Å². The molecule has 8 N–H and O–H groups in total. The molecule has 2 amide bonds. The van der Waals surface area contributed by atoms with Gasteiger partial charge in [-0.1, -0.05) is 24.3 Å². The fourth-order valence-corrected chi connectivity index (χ4v) is 8.33. The minimum absolute atomic E-state index is 0.0358. The van der Waals surface area contributed by atoms with Crippen LogP contribution in [0.1, 0.15) is 0 Å². The highest BCUT2D eigenvalue weighted by atomic mass is 32.2. The van der Waals surface area contributed by atoms with Gasteiger partial charge >= 0.3 is 6.03 Å². The Morgan fingerprint density at radius 1 is 0.444 bits per heavy atom. The Hall–Kier alpha value is -5.97. The second kappa shape index (κ2) is 13.8. The van der Waals surface area contributed by atoms with Crippen molar-refractivity contribution in [3.05, 3.63) is 109 Å². The van der Waals surface area contributed by atoms with Gasteiger partial charge in [-0.05, 0) is 95.7 Å². The fourth-order valence-electron chi connectivity index (χ4n) is 5.19. The van der Waals surface area contributed by atoms with Crippen LogP contribution in [0.15, 0.2) is 129 Å². The van der Waals surface area contributed by atoms with Crippen molar-refractivity contribution in [1.82, 2.24) is 0 Å². The molecule has 0 aliphatic heterocycles. The number of hydrogen-bond acceptors (Lipinski definition) is 11. The number of carbonyl (C=O) groups excluding carboxylic acids is 1. The van der Waals surface area contributed by atoms with Crippen LogP contribution in [0, 0.1) is 0 Å². The zero-order valence-corrected chi connectivity index (χ0v) is 30.3. The van der Waals surface area contributed by atoms with Crippen molar-refractivity contribution < 1.29 is 57.8 Å². The molecule has 0 aromatic heterocycles. The van der Waals surface area contributed by atoms with Gasteiger partial charge < -0.3 is 20.8 Å². The van der Waals surface area contributed by atoms with Gasteiger partial charge in [-0.2, -0.15) is 16.8 Å². The Morgan fingerprint density at radius 3 is 1.09 bits per heavy atom. The maximum Gasteiger partial charge on any atom is 0.323 e. The van der Waals surface area contributed by atoms with Crippen LogP contribution >= 0.6 is 0 Å². The van der Waals surface area contributed by atoms with E-state index < -0.39 is 67.6 Å². The van der Waals surface area contributed by atoms with E-state index in [2.05, 4.69) is 20.1 Å². The summed E-state index contributed by atoms with van der Waals surface area (Å²) in [6.45, 7) is 0. The van der Waals surface area contributed by atoms with Crippen molar-refractivity contribution in [3.8, 4) is 11.5 Å². The minimum Gasteiger partial charge on any atom is -0.505 e. The lowest BCUT2D eigenvalue weighted by atomic mass is 10.1. The largest absolute Gasteiger partial charge is 0.505 e. The van der Waals surface area contributed by atoms with Crippen LogP contribution in [0.2, 0.25) is 0 Å². The van der Waals surface area contributed by atoms with E-state index in [-0.39, 0.29) is 43.3 Å². The van der Waals surface area contributed by atoms with Gasteiger partial charge in [0.2, 0.25) is 0 Å². The number of benzene rings is 6. The average molecular weight is 815 g/mol. The molecule has 0 saturated heterocycles. The van der Waals surface area contributed by atoms with Gasteiger partial charge in [0, 0.05) is 22.1 Å². The number of phenols is 2. The monoisotopic (exact) mass is 814 g/mol. The number of rotatable bonds is 10. The smallest absolute Gasteiger partial charge is 0.323 e. The predicted molar refractivity (Wildman–Crippen MR) is 198 cm³/mol. The number of aromatic hydroxyl groups is 2.